The molecule has 0 radical (unpaired) electrons. The van der Waals surface area contributed by atoms with Crippen molar-refractivity contribution < 1.29 is 13.2 Å². The van der Waals surface area contributed by atoms with Crippen LogP contribution in [0.3, 0.4) is 0 Å². The van der Waals surface area contributed by atoms with E-state index >= 15 is 0 Å². The van der Waals surface area contributed by atoms with E-state index in [0.717, 1.165) is 15.4 Å². The summed E-state index contributed by atoms with van der Waals surface area (Å²) in [5.41, 5.74) is 2.26. The van der Waals surface area contributed by atoms with Crippen LogP contribution < -0.4 is 5.32 Å². The molecule has 0 heterocycles. The van der Waals surface area contributed by atoms with Crippen molar-refractivity contribution in [3.8, 4) is 0 Å². The first-order valence-corrected chi connectivity index (χ1v) is 10.1. The minimum Gasteiger partial charge on any atom is -0.345 e. The van der Waals surface area contributed by atoms with Gasteiger partial charge in [-0.3, -0.25) is 4.79 Å². The van der Waals surface area contributed by atoms with Gasteiger partial charge >= 0.3 is 0 Å². The van der Waals surface area contributed by atoms with Gasteiger partial charge in [0.25, 0.3) is 5.91 Å². The molecule has 2 aromatic carbocycles. The molecule has 0 aliphatic rings. The minimum atomic E-state index is -3.65. The standard InChI is InChI=1S/C19H23ClN2O3S/c1-5-18(14-8-6-13(2)7-9-14)21-19(23)16-12-15(10-11-17(16)20)26(24,25)22(3)4/h6-12,18H,5H2,1-4H3,(H,21,23). The molecule has 0 spiro atoms. The maximum atomic E-state index is 12.7. The van der Waals surface area contributed by atoms with Crippen molar-refractivity contribution in [1.82, 2.24) is 9.62 Å². The second-order valence-corrected chi connectivity index (χ2v) is 8.83. The maximum Gasteiger partial charge on any atom is 0.253 e. The zero-order valence-electron chi connectivity index (χ0n) is 15.3. The van der Waals surface area contributed by atoms with Gasteiger partial charge in [0.15, 0.2) is 0 Å². The summed E-state index contributed by atoms with van der Waals surface area (Å²) < 4.78 is 25.7. The molecule has 7 heteroatoms. The Hall–Kier alpha value is -1.89. The largest absolute Gasteiger partial charge is 0.345 e. The molecule has 5 nitrogen and oxygen atoms in total. The zero-order chi connectivity index (χ0) is 19.5. The number of halogens is 1. The molecule has 0 saturated carbocycles. The van der Waals surface area contributed by atoms with E-state index in [1.54, 1.807) is 0 Å². The van der Waals surface area contributed by atoms with E-state index in [2.05, 4.69) is 5.32 Å². The third-order valence-corrected chi connectivity index (χ3v) is 6.29. The van der Waals surface area contributed by atoms with Crippen molar-refractivity contribution in [1.29, 1.82) is 0 Å². The smallest absolute Gasteiger partial charge is 0.253 e. The first kappa shape index (κ1) is 20.4. The third kappa shape index (κ3) is 4.44. The van der Waals surface area contributed by atoms with Crippen molar-refractivity contribution in [2.45, 2.75) is 31.2 Å². The number of hydrogen-bond donors (Lipinski definition) is 1. The number of sulfonamides is 1. The van der Waals surface area contributed by atoms with Crippen LogP contribution in [0, 0.1) is 6.92 Å². The van der Waals surface area contributed by atoms with Crippen LogP contribution in [-0.4, -0.2) is 32.7 Å². The topological polar surface area (TPSA) is 66.5 Å². The van der Waals surface area contributed by atoms with E-state index in [1.807, 2.05) is 38.1 Å². The molecule has 2 aromatic rings. The van der Waals surface area contributed by atoms with Crippen LogP contribution in [0.15, 0.2) is 47.4 Å². The summed E-state index contributed by atoms with van der Waals surface area (Å²) in [7, 11) is -0.769. The number of nitrogens with zero attached hydrogens (tertiary/aromatic N) is 1. The third-order valence-electron chi connectivity index (χ3n) is 4.15. The number of hydrogen-bond acceptors (Lipinski definition) is 3. The zero-order valence-corrected chi connectivity index (χ0v) is 16.9. The van der Waals surface area contributed by atoms with E-state index < -0.39 is 15.9 Å². The fourth-order valence-corrected chi connectivity index (χ4v) is 3.64. The van der Waals surface area contributed by atoms with Crippen LogP contribution in [0.2, 0.25) is 5.02 Å². The summed E-state index contributed by atoms with van der Waals surface area (Å²) in [6.07, 6.45) is 0.697. The maximum absolute atomic E-state index is 12.7. The van der Waals surface area contributed by atoms with Crippen molar-refractivity contribution >= 4 is 27.5 Å². The lowest BCUT2D eigenvalue weighted by atomic mass is 10.0. The lowest BCUT2D eigenvalue weighted by Crippen LogP contribution is -2.29. The monoisotopic (exact) mass is 394 g/mol. The molecule has 0 bridgehead atoms. The van der Waals surface area contributed by atoms with Gasteiger partial charge in [0, 0.05) is 14.1 Å². The molecule has 0 aliphatic carbocycles. The van der Waals surface area contributed by atoms with Gasteiger partial charge in [-0.25, -0.2) is 12.7 Å². The Bertz CT molecular complexity index is 894. The Labute approximate surface area is 160 Å². The summed E-state index contributed by atoms with van der Waals surface area (Å²) in [5, 5.41) is 3.14. The molecule has 1 unspecified atom stereocenters. The molecular formula is C19H23ClN2O3S. The van der Waals surface area contributed by atoms with E-state index in [1.165, 1.54) is 32.3 Å². The molecule has 1 amide bonds. The predicted molar refractivity (Wildman–Crippen MR) is 104 cm³/mol. The second kappa shape index (κ2) is 8.20. The Morgan fingerprint density at radius 1 is 1.15 bits per heavy atom. The number of benzene rings is 2. The van der Waals surface area contributed by atoms with Gasteiger partial charge in [0.2, 0.25) is 10.0 Å². The molecule has 0 aromatic heterocycles. The predicted octanol–water partition coefficient (Wildman–Crippen LogP) is 3.78. The average molecular weight is 395 g/mol. The van der Waals surface area contributed by atoms with Crippen molar-refractivity contribution in [2.24, 2.45) is 0 Å². The van der Waals surface area contributed by atoms with E-state index in [4.69, 9.17) is 11.6 Å². The van der Waals surface area contributed by atoms with Gasteiger partial charge in [0.05, 0.1) is 21.5 Å². The normalized spacial score (nSPS) is 12.8. The number of rotatable bonds is 6. The van der Waals surface area contributed by atoms with Gasteiger partial charge in [-0.1, -0.05) is 48.4 Å². The molecule has 140 valence electrons. The van der Waals surface area contributed by atoms with Gasteiger partial charge in [-0.2, -0.15) is 0 Å². The first-order valence-electron chi connectivity index (χ1n) is 8.26. The SMILES string of the molecule is CCC(NC(=O)c1cc(S(=O)(=O)N(C)C)ccc1Cl)c1ccc(C)cc1. The molecule has 2 rings (SSSR count). The highest BCUT2D eigenvalue weighted by molar-refractivity contribution is 7.89. The lowest BCUT2D eigenvalue weighted by molar-refractivity contribution is 0.0935. The van der Waals surface area contributed by atoms with Crippen LogP contribution in [0.4, 0.5) is 0 Å². The molecule has 1 N–H and O–H groups in total. The average Bonchev–Trinajstić information content (AvgIpc) is 2.60. The summed E-state index contributed by atoms with van der Waals surface area (Å²) in [4.78, 5) is 12.7. The molecule has 1 atom stereocenters. The van der Waals surface area contributed by atoms with Crippen molar-refractivity contribution in [3.63, 3.8) is 0 Å². The van der Waals surface area contributed by atoms with Crippen LogP contribution in [0.25, 0.3) is 0 Å². The highest BCUT2D eigenvalue weighted by Crippen LogP contribution is 2.24. The minimum absolute atomic E-state index is 0.0282. The van der Waals surface area contributed by atoms with Crippen molar-refractivity contribution in [3.05, 3.63) is 64.2 Å². The summed E-state index contributed by atoms with van der Waals surface area (Å²) in [5.74, 6) is -0.404. The number of amides is 1. The van der Waals surface area contributed by atoms with E-state index in [-0.39, 0.29) is 21.5 Å². The molecule has 26 heavy (non-hydrogen) atoms. The van der Waals surface area contributed by atoms with Crippen LogP contribution in [0.5, 0.6) is 0 Å². The molecule has 0 fully saturated rings. The number of aryl methyl sites for hydroxylation is 1. The quantitative estimate of drug-likeness (QED) is 0.810. The number of nitrogens with one attached hydrogen (secondary N) is 1. The van der Waals surface area contributed by atoms with Crippen LogP contribution >= 0.6 is 11.6 Å². The highest BCUT2D eigenvalue weighted by atomic mass is 35.5. The van der Waals surface area contributed by atoms with Crippen LogP contribution in [0.1, 0.15) is 40.9 Å². The van der Waals surface area contributed by atoms with Gasteiger partial charge in [0.1, 0.15) is 0 Å². The highest BCUT2D eigenvalue weighted by Gasteiger charge is 2.22. The first-order chi connectivity index (χ1) is 12.2. The Morgan fingerprint density at radius 3 is 2.31 bits per heavy atom. The molecular weight excluding hydrogens is 372 g/mol. The van der Waals surface area contributed by atoms with Crippen molar-refractivity contribution in [2.75, 3.05) is 14.1 Å². The second-order valence-electron chi connectivity index (χ2n) is 6.27. The lowest BCUT2D eigenvalue weighted by Gasteiger charge is -2.19. The fourth-order valence-electron chi connectivity index (χ4n) is 2.51. The number of carbonyl (C=O) groups is 1. The Kier molecular flexibility index (Phi) is 6.44. The Morgan fingerprint density at radius 2 is 1.77 bits per heavy atom. The Balaban J connectivity index is 2.32. The molecule has 0 saturated heterocycles. The van der Waals surface area contributed by atoms with Gasteiger partial charge in [-0.15, -0.1) is 0 Å². The number of carbonyl (C=O) groups excluding carboxylic acids is 1. The van der Waals surface area contributed by atoms with Gasteiger partial charge < -0.3 is 5.32 Å². The summed E-state index contributed by atoms with van der Waals surface area (Å²) in [6.45, 7) is 3.97. The van der Waals surface area contributed by atoms with Gasteiger partial charge in [-0.05, 0) is 37.1 Å². The fraction of sp³-hybridized carbons (Fsp3) is 0.316. The van der Waals surface area contributed by atoms with E-state index in [9.17, 15) is 13.2 Å². The summed E-state index contributed by atoms with van der Waals surface area (Å²) >= 11 is 6.14. The van der Waals surface area contributed by atoms with E-state index in [0.29, 0.717) is 6.42 Å². The summed E-state index contributed by atoms with van der Waals surface area (Å²) in [6, 6.07) is 11.9. The van der Waals surface area contributed by atoms with Crippen LogP contribution in [-0.2, 0) is 10.0 Å². The molecule has 0 aliphatic heterocycles.